The molecule has 20 heavy (non-hydrogen) atoms. The molecule has 0 aromatic heterocycles. The summed E-state index contributed by atoms with van der Waals surface area (Å²) in [7, 11) is 0. The second-order valence-corrected chi connectivity index (χ2v) is 4.91. The van der Waals surface area contributed by atoms with E-state index in [-0.39, 0.29) is 6.10 Å². The molecule has 1 atom stereocenters. The Bertz CT molecular complexity index is 622. The van der Waals surface area contributed by atoms with Gasteiger partial charge in [0, 0.05) is 6.21 Å². The van der Waals surface area contributed by atoms with Gasteiger partial charge >= 0.3 is 0 Å². The predicted molar refractivity (Wildman–Crippen MR) is 80.0 cm³/mol. The number of aliphatic imine (C=N–C) groups is 1. The van der Waals surface area contributed by atoms with Crippen molar-refractivity contribution in [1.82, 2.24) is 0 Å². The fourth-order valence-corrected chi connectivity index (χ4v) is 2.18. The van der Waals surface area contributed by atoms with Crippen LogP contribution in [0.4, 0.5) is 0 Å². The summed E-state index contributed by atoms with van der Waals surface area (Å²) in [4.78, 5) is 4.45. The Labute approximate surface area is 118 Å². The van der Waals surface area contributed by atoms with Crippen LogP contribution in [-0.4, -0.2) is 25.5 Å². The third-order valence-corrected chi connectivity index (χ3v) is 3.16. The van der Waals surface area contributed by atoms with Gasteiger partial charge in [-0.05, 0) is 24.6 Å². The van der Waals surface area contributed by atoms with E-state index >= 15 is 0 Å². The van der Waals surface area contributed by atoms with Crippen LogP contribution < -0.4 is 9.47 Å². The molecule has 0 N–H and O–H groups in total. The minimum Gasteiger partial charge on any atom is -0.486 e. The maximum atomic E-state index is 5.85. The average Bonchev–Trinajstić information content (AvgIpc) is 2.47. The molecule has 0 radical (unpaired) electrons. The fourth-order valence-electron chi connectivity index (χ4n) is 2.18. The number of fused-ring (bicyclic) bond motifs is 1. The van der Waals surface area contributed by atoms with Crippen LogP contribution in [0.2, 0.25) is 0 Å². The lowest BCUT2D eigenvalue weighted by atomic mass is 10.1. The molecule has 1 aliphatic heterocycles. The van der Waals surface area contributed by atoms with Gasteiger partial charge in [0.15, 0.2) is 17.6 Å². The molecule has 0 aliphatic carbocycles. The van der Waals surface area contributed by atoms with E-state index in [1.807, 2.05) is 42.6 Å². The van der Waals surface area contributed by atoms with Gasteiger partial charge < -0.3 is 9.47 Å². The van der Waals surface area contributed by atoms with Crippen molar-refractivity contribution in [2.75, 3.05) is 13.2 Å². The Balaban J connectivity index is 1.60. The number of para-hydroxylation sites is 2. The minimum atomic E-state index is -0.0223. The van der Waals surface area contributed by atoms with Crippen molar-refractivity contribution in [3.63, 3.8) is 0 Å². The molecular formula is C17H17NO2. The molecule has 1 heterocycles. The third kappa shape index (κ3) is 2.99. The standard InChI is InChI=1S/C17H17NO2/c1-13-5-4-6-14(9-13)10-18-11-15-12-19-16-7-2-3-8-17(16)20-15/h2-10,15H,11-12H2,1H3. The molecule has 3 nitrogen and oxygen atoms in total. The smallest absolute Gasteiger partial charge is 0.161 e. The average molecular weight is 267 g/mol. The molecule has 1 unspecified atom stereocenters. The quantitative estimate of drug-likeness (QED) is 0.799. The second kappa shape index (κ2) is 5.78. The Kier molecular flexibility index (Phi) is 3.68. The highest BCUT2D eigenvalue weighted by atomic mass is 16.6. The lowest BCUT2D eigenvalue weighted by Gasteiger charge is -2.25. The molecule has 3 rings (SSSR count). The van der Waals surface area contributed by atoms with Crippen LogP contribution in [0.1, 0.15) is 11.1 Å². The Morgan fingerprint density at radius 3 is 2.85 bits per heavy atom. The highest BCUT2D eigenvalue weighted by Crippen LogP contribution is 2.30. The Hall–Kier alpha value is -2.29. The van der Waals surface area contributed by atoms with Gasteiger partial charge in [-0.3, -0.25) is 4.99 Å². The summed E-state index contributed by atoms with van der Waals surface area (Å²) in [5.41, 5.74) is 2.35. The van der Waals surface area contributed by atoms with E-state index in [1.54, 1.807) is 0 Å². The van der Waals surface area contributed by atoms with Crippen LogP contribution in [0, 0.1) is 6.92 Å². The number of hydrogen-bond acceptors (Lipinski definition) is 3. The van der Waals surface area contributed by atoms with Crippen LogP contribution in [0.5, 0.6) is 11.5 Å². The first-order chi connectivity index (χ1) is 9.81. The summed E-state index contributed by atoms with van der Waals surface area (Å²) in [6.45, 7) is 3.22. The lowest BCUT2D eigenvalue weighted by Crippen LogP contribution is -2.31. The van der Waals surface area contributed by atoms with E-state index in [0.717, 1.165) is 17.1 Å². The molecule has 0 bridgehead atoms. The van der Waals surface area contributed by atoms with Crippen LogP contribution in [0.25, 0.3) is 0 Å². The van der Waals surface area contributed by atoms with Crippen molar-refractivity contribution in [3.05, 3.63) is 59.7 Å². The molecule has 0 amide bonds. The summed E-state index contributed by atoms with van der Waals surface area (Å²) in [5, 5.41) is 0. The van der Waals surface area contributed by atoms with E-state index < -0.39 is 0 Å². The SMILES string of the molecule is Cc1cccc(C=NCC2COc3ccccc3O2)c1. The monoisotopic (exact) mass is 267 g/mol. The first-order valence-corrected chi connectivity index (χ1v) is 6.76. The first-order valence-electron chi connectivity index (χ1n) is 6.76. The summed E-state index contributed by atoms with van der Waals surface area (Å²) < 4.78 is 11.5. The number of nitrogens with zero attached hydrogens (tertiary/aromatic N) is 1. The zero-order valence-corrected chi connectivity index (χ0v) is 11.5. The number of ether oxygens (including phenoxy) is 2. The summed E-state index contributed by atoms with van der Waals surface area (Å²) in [5.74, 6) is 1.61. The van der Waals surface area contributed by atoms with Gasteiger partial charge in [-0.1, -0.05) is 42.0 Å². The molecule has 2 aromatic rings. The molecule has 102 valence electrons. The van der Waals surface area contributed by atoms with E-state index in [4.69, 9.17) is 9.47 Å². The molecule has 0 saturated carbocycles. The zero-order valence-electron chi connectivity index (χ0n) is 11.5. The van der Waals surface area contributed by atoms with E-state index in [9.17, 15) is 0 Å². The molecule has 2 aromatic carbocycles. The molecule has 0 fully saturated rings. The lowest BCUT2D eigenvalue weighted by molar-refractivity contribution is 0.0973. The van der Waals surface area contributed by atoms with Crippen LogP contribution in [0.3, 0.4) is 0 Å². The largest absolute Gasteiger partial charge is 0.486 e. The molecule has 0 spiro atoms. The van der Waals surface area contributed by atoms with Crippen molar-refractivity contribution >= 4 is 6.21 Å². The van der Waals surface area contributed by atoms with Crippen LogP contribution in [0.15, 0.2) is 53.5 Å². The van der Waals surface area contributed by atoms with Crippen LogP contribution in [-0.2, 0) is 0 Å². The Morgan fingerprint density at radius 2 is 2.00 bits per heavy atom. The van der Waals surface area contributed by atoms with Crippen molar-refractivity contribution in [1.29, 1.82) is 0 Å². The van der Waals surface area contributed by atoms with Gasteiger partial charge in [0.05, 0.1) is 6.54 Å². The van der Waals surface area contributed by atoms with Crippen molar-refractivity contribution < 1.29 is 9.47 Å². The number of aryl methyl sites for hydroxylation is 1. The van der Waals surface area contributed by atoms with E-state index in [2.05, 4.69) is 24.0 Å². The summed E-state index contributed by atoms with van der Waals surface area (Å²) >= 11 is 0. The zero-order chi connectivity index (χ0) is 13.8. The molecule has 0 saturated heterocycles. The van der Waals surface area contributed by atoms with Gasteiger partial charge in [-0.25, -0.2) is 0 Å². The maximum Gasteiger partial charge on any atom is 0.161 e. The number of rotatable bonds is 3. The molecule has 3 heteroatoms. The molecule has 1 aliphatic rings. The second-order valence-electron chi connectivity index (χ2n) is 4.91. The Morgan fingerprint density at radius 1 is 1.15 bits per heavy atom. The normalized spacial score (nSPS) is 17.4. The van der Waals surface area contributed by atoms with Crippen molar-refractivity contribution in [3.8, 4) is 11.5 Å². The highest BCUT2D eigenvalue weighted by Gasteiger charge is 2.19. The first kappa shape index (κ1) is 12.7. The third-order valence-electron chi connectivity index (χ3n) is 3.16. The van der Waals surface area contributed by atoms with Gasteiger partial charge in [0.25, 0.3) is 0 Å². The van der Waals surface area contributed by atoms with Crippen molar-refractivity contribution in [2.24, 2.45) is 4.99 Å². The highest BCUT2D eigenvalue weighted by molar-refractivity contribution is 5.79. The fraction of sp³-hybridized carbons (Fsp3) is 0.235. The van der Waals surface area contributed by atoms with Gasteiger partial charge in [-0.2, -0.15) is 0 Å². The molecular weight excluding hydrogens is 250 g/mol. The van der Waals surface area contributed by atoms with E-state index in [1.165, 1.54) is 5.56 Å². The summed E-state index contributed by atoms with van der Waals surface area (Å²) in [6, 6.07) is 16.0. The van der Waals surface area contributed by atoms with Gasteiger partial charge in [0.1, 0.15) is 6.61 Å². The van der Waals surface area contributed by atoms with E-state index in [0.29, 0.717) is 13.2 Å². The van der Waals surface area contributed by atoms with Crippen LogP contribution >= 0.6 is 0 Å². The maximum absolute atomic E-state index is 5.85. The number of hydrogen-bond donors (Lipinski definition) is 0. The minimum absolute atomic E-state index is 0.0223. The van der Waals surface area contributed by atoms with Gasteiger partial charge in [-0.15, -0.1) is 0 Å². The number of benzene rings is 2. The predicted octanol–water partition coefficient (Wildman–Crippen LogP) is 3.25. The van der Waals surface area contributed by atoms with Crippen molar-refractivity contribution in [2.45, 2.75) is 13.0 Å². The topological polar surface area (TPSA) is 30.8 Å². The van der Waals surface area contributed by atoms with Gasteiger partial charge in [0.2, 0.25) is 0 Å². The summed E-state index contributed by atoms with van der Waals surface area (Å²) in [6.07, 6.45) is 1.86.